The van der Waals surface area contributed by atoms with Gasteiger partial charge in [-0.05, 0) is 29.3 Å². The zero-order valence-electron chi connectivity index (χ0n) is 15.5. The molecule has 138 valence electrons. The highest BCUT2D eigenvalue weighted by Gasteiger charge is 2.18. The molecule has 0 unspecified atom stereocenters. The Labute approximate surface area is 160 Å². The molecule has 2 aromatic carbocycles. The number of benzene rings is 2. The van der Waals surface area contributed by atoms with Crippen LogP contribution < -0.4 is 10.2 Å². The predicted octanol–water partition coefficient (Wildman–Crippen LogP) is 3.41. The van der Waals surface area contributed by atoms with Gasteiger partial charge in [-0.1, -0.05) is 42.5 Å². The summed E-state index contributed by atoms with van der Waals surface area (Å²) < 4.78 is 0. The fourth-order valence-electron chi connectivity index (χ4n) is 3.49. The zero-order valence-corrected chi connectivity index (χ0v) is 15.5. The Bertz CT molecular complexity index is 830. The first-order valence-corrected chi connectivity index (χ1v) is 9.48. The third kappa shape index (κ3) is 4.63. The molecule has 1 N–H and O–H groups in total. The van der Waals surface area contributed by atoms with Crippen LogP contribution in [0.25, 0.3) is 0 Å². The first kappa shape index (κ1) is 17.5. The lowest BCUT2D eigenvalue weighted by Gasteiger charge is -2.36. The van der Waals surface area contributed by atoms with Crippen molar-refractivity contribution in [3.63, 3.8) is 0 Å². The number of nitrogens with zero attached hydrogens (tertiary/aromatic N) is 4. The molecule has 0 radical (unpaired) electrons. The monoisotopic (exact) mass is 359 g/mol. The van der Waals surface area contributed by atoms with Crippen molar-refractivity contribution in [3.8, 4) is 0 Å². The molecule has 1 aliphatic heterocycles. The van der Waals surface area contributed by atoms with E-state index in [4.69, 9.17) is 0 Å². The van der Waals surface area contributed by atoms with Crippen LogP contribution in [0.3, 0.4) is 0 Å². The number of para-hydroxylation sites is 1. The Hall–Kier alpha value is -2.92. The van der Waals surface area contributed by atoms with E-state index in [1.54, 1.807) is 12.4 Å². The molecule has 0 aliphatic carbocycles. The minimum atomic E-state index is 0.670. The molecule has 0 spiro atoms. The predicted molar refractivity (Wildman–Crippen MR) is 110 cm³/mol. The van der Waals surface area contributed by atoms with Crippen LogP contribution in [-0.2, 0) is 13.1 Å². The fourth-order valence-corrected chi connectivity index (χ4v) is 3.49. The number of piperazine rings is 1. The SMILES string of the molecule is c1ccc(N2CCN(Cc3ccccc3CNc3ncccn3)CC2)cc1. The molecule has 1 saturated heterocycles. The smallest absolute Gasteiger partial charge is 0.222 e. The van der Waals surface area contributed by atoms with Crippen LogP contribution in [0.4, 0.5) is 11.6 Å². The summed E-state index contributed by atoms with van der Waals surface area (Å²) >= 11 is 0. The molecule has 0 bridgehead atoms. The van der Waals surface area contributed by atoms with E-state index in [0.29, 0.717) is 5.95 Å². The molecule has 2 heterocycles. The van der Waals surface area contributed by atoms with E-state index in [9.17, 15) is 0 Å². The number of hydrogen-bond acceptors (Lipinski definition) is 5. The van der Waals surface area contributed by atoms with Gasteiger partial charge in [0.1, 0.15) is 0 Å². The van der Waals surface area contributed by atoms with Crippen LogP contribution in [0, 0.1) is 0 Å². The average molecular weight is 359 g/mol. The van der Waals surface area contributed by atoms with Crippen molar-refractivity contribution in [1.82, 2.24) is 14.9 Å². The van der Waals surface area contributed by atoms with E-state index in [-0.39, 0.29) is 0 Å². The highest BCUT2D eigenvalue weighted by Crippen LogP contribution is 2.18. The summed E-state index contributed by atoms with van der Waals surface area (Å²) in [5.74, 6) is 0.670. The Morgan fingerprint density at radius 3 is 2.15 bits per heavy atom. The molecule has 1 aromatic heterocycles. The summed E-state index contributed by atoms with van der Waals surface area (Å²) in [6.45, 7) is 6.03. The van der Waals surface area contributed by atoms with E-state index in [1.807, 2.05) is 6.07 Å². The summed E-state index contributed by atoms with van der Waals surface area (Å²) in [7, 11) is 0. The van der Waals surface area contributed by atoms with Gasteiger partial charge in [0.25, 0.3) is 0 Å². The van der Waals surface area contributed by atoms with Crippen LogP contribution in [0.2, 0.25) is 0 Å². The molecule has 3 aromatic rings. The van der Waals surface area contributed by atoms with Crippen molar-refractivity contribution in [2.45, 2.75) is 13.1 Å². The fraction of sp³-hybridized carbons (Fsp3) is 0.273. The maximum Gasteiger partial charge on any atom is 0.222 e. The van der Waals surface area contributed by atoms with Gasteiger partial charge in [0.2, 0.25) is 5.95 Å². The van der Waals surface area contributed by atoms with E-state index >= 15 is 0 Å². The summed E-state index contributed by atoms with van der Waals surface area (Å²) in [6, 6.07) is 21.2. The largest absolute Gasteiger partial charge is 0.369 e. The lowest BCUT2D eigenvalue weighted by atomic mass is 10.1. The van der Waals surface area contributed by atoms with Gasteiger partial charge in [0.05, 0.1) is 0 Å². The van der Waals surface area contributed by atoms with E-state index in [1.165, 1.54) is 16.8 Å². The molecule has 5 nitrogen and oxygen atoms in total. The molecule has 0 atom stereocenters. The number of aromatic nitrogens is 2. The minimum Gasteiger partial charge on any atom is -0.369 e. The first-order chi connectivity index (χ1) is 13.4. The van der Waals surface area contributed by atoms with E-state index in [0.717, 1.165) is 39.3 Å². The Morgan fingerprint density at radius 2 is 1.41 bits per heavy atom. The second kappa shape index (κ2) is 8.64. The molecule has 0 saturated carbocycles. The summed E-state index contributed by atoms with van der Waals surface area (Å²) in [5.41, 5.74) is 3.99. The summed E-state index contributed by atoms with van der Waals surface area (Å²) in [6.07, 6.45) is 3.51. The quantitative estimate of drug-likeness (QED) is 0.731. The zero-order chi connectivity index (χ0) is 18.3. The highest BCUT2D eigenvalue weighted by molar-refractivity contribution is 5.46. The van der Waals surface area contributed by atoms with Gasteiger partial charge in [0, 0.05) is 57.3 Å². The third-order valence-electron chi connectivity index (χ3n) is 5.01. The molecular weight excluding hydrogens is 334 g/mol. The van der Waals surface area contributed by atoms with Crippen molar-refractivity contribution in [3.05, 3.63) is 84.2 Å². The number of nitrogens with one attached hydrogen (secondary N) is 1. The lowest BCUT2D eigenvalue weighted by Crippen LogP contribution is -2.46. The van der Waals surface area contributed by atoms with Crippen molar-refractivity contribution < 1.29 is 0 Å². The summed E-state index contributed by atoms with van der Waals surface area (Å²) in [5, 5.41) is 3.32. The normalized spacial score (nSPS) is 14.9. The minimum absolute atomic E-state index is 0.670. The van der Waals surface area contributed by atoms with Gasteiger partial charge in [-0.3, -0.25) is 4.90 Å². The average Bonchev–Trinajstić information content (AvgIpc) is 2.75. The maximum absolute atomic E-state index is 4.24. The molecule has 4 rings (SSSR count). The van der Waals surface area contributed by atoms with Crippen LogP contribution >= 0.6 is 0 Å². The number of hydrogen-bond donors (Lipinski definition) is 1. The molecule has 5 heteroatoms. The molecule has 1 fully saturated rings. The molecule has 27 heavy (non-hydrogen) atoms. The van der Waals surface area contributed by atoms with Crippen LogP contribution in [-0.4, -0.2) is 41.0 Å². The topological polar surface area (TPSA) is 44.3 Å². The van der Waals surface area contributed by atoms with Gasteiger partial charge in [-0.15, -0.1) is 0 Å². The molecular formula is C22H25N5. The van der Waals surface area contributed by atoms with Gasteiger partial charge in [0.15, 0.2) is 0 Å². The van der Waals surface area contributed by atoms with Crippen molar-refractivity contribution >= 4 is 11.6 Å². The van der Waals surface area contributed by atoms with E-state index in [2.05, 4.69) is 79.7 Å². The Morgan fingerprint density at radius 1 is 0.741 bits per heavy atom. The maximum atomic E-state index is 4.24. The van der Waals surface area contributed by atoms with Crippen molar-refractivity contribution in [2.24, 2.45) is 0 Å². The van der Waals surface area contributed by atoms with Gasteiger partial charge in [-0.25, -0.2) is 9.97 Å². The van der Waals surface area contributed by atoms with Crippen LogP contribution in [0.5, 0.6) is 0 Å². The van der Waals surface area contributed by atoms with Crippen LogP contribution in [0.15, 0.2) is 73.1 Å². The van der Waals surface area contributed by atoms with Crippen LogP contribution in [0.1, 0.15) is 11.1 Å². The summed E-state index contributed by atoms with van der Waals surface area (Å²) in [4.78, 5) is 13.5. The van der Waals surface area contributed by atoms with Gasteiger partial charge < -0.3 is 10.2 Å². The van der Waals surface area contributed by atoms with Gasteiger partial charge >= 0.3 is 0 Å². The third-order valence-corrected chi connectivity index (χ3v) is 5.01. The number of rotatable bonds is 6. The first-order valence-electron chi connectivity index (χ1n) is 9.48. The lowest BCUT2D eigenvalue weighted by molar-refractivity contribution is 0.249. The van der Waals surface area contributed by atoms with Gasteiger partial charge in [-0.2, -0.15) is 0 Å². The number of anilines is 2. The molecule has 0 amide bonds. The van der Waals surface area contributed by atoms with E-state index < -0.39 is 0 Å². The Kier molecular flexibility index (Phi) is 5.60. The van der Waals surface area contributed by atoms with Crippen molar-refractivity contribution in [2.75, 3.05) is 36.4 Å². The standard InChI is InChI=1S/C22H25N5/c1-2-9-21(10-3-1)27-15-13-26(14-16-27)18-20-8-5-4-7-19(20)17-25-22-23-11-6-12-24-22/h1-12H,13-18H2,(H,23,24,25). The second-order valence-corrected chi connectivity index (χ2v) is 6.79. The highest BCUT2D eigenvalue weighted by atomic mass is 15.3. The van der Waals surface area contributed by atoms with Crippen molar-refractivity contribution in [1.29, 1.82) is 0 Å². The molecule has 1 aliphatic rings. The second-order valence-electron chi connectivity index (χ2n) is 6.79. The Balaban J connectivity index is 1.35.